The molecule has 0 bridgehead atoms. The maximum Gasteiger partial charge on any atom is 0.487 e. The van der Waals surface area contributed by atoms with Crippen LogP contribution >= 0.6 is 11.6 Å². The number of aliphatic hydroxyl groups excluding tert-OH is 1. The fourth-order valence-electron chi connectivity index (χ4n) is 4.52. The molecular formula is C25H24ClF2N5O4. The number of nitrogens with zero attached hydrogens (tertiary/aromatic N) is 3. The molecule has 0 saturated carbocycles. The van der Waals surface area contributed by atoms with E-state index in [4.69, 9.17) is 11.6 Å². The summed E-state index contributed by atoms with van der Waals surface area (Å²) >= 11 is 4.78. The van der Waals surface area contributed by atoms with E-state index in [0.717, 1.165) is 5.56 Å². The van der Waals surface area contributed by atoms with Crippen LogP contribution in [0, 0.1) is 0 Å². The lowest BCUT2D eigenvalue weighted by Crippen LogP contribution is -2.33. The molecule has 2 amide bonds. The number of hydrogen-bond acceptors (Lipinski definition) is 6. The van der Waals surface area contributed by atoms with Gasteiger partial charge in [-0.15, -0.1) is 8.78 Å². The van der Waals surface area contributed by atoms with Crippen molar-refractivity contribution in [3.63, 3.8) is 0 Å². The molecule has 3 N–H and O–H groups in total. The summed E-state index contributed by atoms with van der Waals surface area (Å²) in [6.07, 6.45) is 2.26. The highest BCUT2D eigenvalue weighted by Crippen LogP contribution is 2.34. The second-order valence-corrected chi connectivity index (χ2v) is 9.51. The number of aliphatic hydroxyl groups is 1. The third kappa shape index (κ3) is 5.37. The van der Waals surface area contributed by atoms with Crippen LogP contribution in [0.2, 0.25) is 0 Å². The molecule has 5 rings (SSSR count). The zero-order valence-electron chi connectivity index (χ0n) is 19.8. The Kier molecular flexibility index (Phi) is 6.50. The van der Waals surface area contributed by atoms with Crippen LogP contribution in [0.4, 0.5) is 20.3 Å². The van der Waals surface area contributed by atoms with Crippen molar-refractivity contribution in [3.8, 4) is 17.0 Å². The minimum Gasteiger partial charge on any atom is -0.420 e. The topological polar surface area (TPSA) is 111 Å². The molecule has 0 unspecified atom stereocenters. The first-order valence-corrected chi connectivity index (χ1v) is 12.0. The third-order valence-electron chi connectivity index (χ3n) is 6.40. The molecule has 2 aliphatic rings. The van der Waals surface area contributed by atoms with Crippen molar-refractivity contribution in [2.45, 2.75) is 24.5 Å². The lowest BCUT2D eigenvalue weighted by Gasteiger charge is -2.21. The van der Waals surface area contributed by atoms with Crippen LogP contribution in [-0.4, -0.2) is 70.1 Å². The second-order valence-electron chi connectivity index (χ2n) is 9.07. The summed E-state index contributed by atoms with van der Waals surface area (Å²) in [6.45, 7) is 1.62. The Labute approximate surface area is 216 Å². The van der Waals surface area contributed by atoms with Gasteiger partial charge >= 0.3 is 5.57 Å². The van der Waals surface area contributed by atoms with Gasteiger partial charge in [0.25, 0.3) is 11.8 Å². The zero-order valence-corrected chi connectivity index (χ0v) is 20.6. The number of ether oxygens (including phenoxy) is 1. The number of β-amino-alcohol motifs (C(OH)–C–C–N with tert-alkyl or cyclic N) is 1. The van der Waals surface area contributed by atoms with Gasteiger partial charge in [0, 0.05) is 55.7 Å². The Bertz CT molecular complexity index is 1340. The average molecular weight is 532 g/mol. The minimum absolute atomic E-state index is 0.105. The molecule has 1 saturated heterocycles. The minimum atomic E-state index is -3.84. The molecule has 3 aromatic rings. The number of amides is 2. The summed E-state index contributed by atoms with van der Waals surface area (Å²) in [4.78, 5) is 37.0. The lowest BCUT2D eigenvalue weighted by atomic mass is 10.1. The van der Waals surface area contributed by atoms with E-state index >= 15 is 0 Å². The lowest BCUT2D eigenvalue weighted by molar-refractivity contribution is -0.0964. The summed E-state index contributed by atoms with van der Waals surface area (Å²) in [7, 11) is 1.75. The Hall–Kier alpha value is -3.70. The number of H-pyrrole nitrogens is 1. The molecule has 2 aromatic heterocycles. The van der Waals surface area contributed by atoms with E-state index < -0.39 is 17.6 Å². The number of alkyl halides is 3. The maximum absolute atomic E-state index is 13.0. The fraction of sp³-hybridized carbons (Fsp3) is 0.320. The summed E-state index contributed by atoms with van der Waals surface area (Å²) in [6, 6.07) is 8.92. The molecule has 0 aliphatic carbocycles. The van der Waals surface area contributed by atoms with E-state index in [0.29, 0.717) is 60.9 Å². The SMILES string of the molecule is CN1CCc2cc(-c3cc(C(=O)Nc4ccc(OC(F)(F)Cl)cc4)cnc3N3CC[C@@H](O)C3)[nH]c2C1=O. The number of aromatic amines is 1. The molecule has 194 valence electrons. The van der Waals surface area contributed by atoms with Crippen molar-refractivity contribution in [2.24, 2.45) is 0 Å². The van der Waals surface area contributed by atoms with E-state index in [1.165, 1.54) is 30.5 Å². The Morgan fingerprint density at radius 3 is 2.70 bits per heavy atom. The maximum atomic E-state index is 13.0. The summed E-state index contributed by atoms with van der Waals surface area (Å²) in [5.74, 6) is -0.136. The van der Waals surface area contributed by atoms with Gasteiger partial charge in [0.1, 0.15) is 17.3 Å². The number of benzene rings is 1. The second kappa shape index (κ2) is 9.64. The van der Waals surface area contributed by atoms with Crippen molar-refractivity contribution < 1.29 is 28.2 Å². The monoisotopic (exact) mass is 531 g/mol. The smallest absolute Gasteiger partial charge is 0.420 e. The van der Waals surface area contributed by atoms with E-state index in [1.807, 2.05) is 11.0 Å². The number of anilines is 2. The van der Waals surface area contributed by atoms with Crippen LogP contribution < -0.4 is 15.0 Å². The normalized spacial score (nSPS) is 17.6. The van der Waals surface area contributed by atoms with Gasteiger partial charge in [-0.25, -0.2) is 4.98 Å². The van der Waals surface area contributed by atoms with Crippen molar-refractivity contribution in [1.29, 1.82) is 0 Å². The van der Waals surface area contributed by atoms with Crippen molar-refractivity contribution in [2.75, 3.05) is 36.9 Å². The van der Waals surface area contributed by atoms with Crippen molar-refractivity contribution in [3.05, 3.63) is 59.4 Å². The predicted octanol–water partition coefficient (Wildman–Crippen LogP) is 3.70. The van der Waals surface area contributed by atoms with Gasteiger partial charge in [-0.1, -0.05) is 0 Å². The van der Waals surface area contributed by atoms with Crippen LogP contribution in [0.15, 0.2) is 42.6 Å². The zero-order chi connectivity index (χ0) is 26.3. The fourth-order valence-corrected chi connectivity index (χ4v) is 4.61. The number of carbonyl (C=O) groups excluding carboxylic acids is 2. The predicted molar refractivity (Wildman–Crippen MR) is 133 cm³/mol. The number of nitrogens with one attached hydrogen (secondary N) is 2. The number of fused-ring (bicyclic) bond motifs is 1. The molecule has 0 spiro atoms. The van der Waals surface area contributed by atoms with Gasteiger partial charge in [0.05, 0.1) is 17.4 Å². The molecule has 4 heterocycles. The van der Waals surface area contributed by atoms with Gasteiger partial charge in [-0.3, -0.25) is 9.59 Å². The first kappa shape index (κ1) is 25.0. The van der Waals surface area contributed by atoms with Crippen LogP contribution in [0.3, 0.4) is 0 Å². The van der Waals surface area contributed by atoms with Gasteiger partial charge in [-0.05, 0) is 54.8 Å². The average Bonchev–Trinajstić information content (AvgIpc) is 3.48. The third-order valence-corrected chi connectivity index (χ3v) is 6.48. The van der Waals surface area contributed by atoms with Gasteiger partial charge in [-0.2, -0.15) is 0 Å². The number of pyridine rings is 1. The van der Waals surface area contributed by atoms with E-state index in [2.05, 4.69) is 20.0 Å². The van der Waals surface area contributed by atoms with Gasteiger partial charge in [0.15, 0.2) is 0 Å². The number of hydrogen-bond donors (Lipinski definition) is 3. The molecule has 12 heteroatoms. The summed E-state index contributed by atoms with van der Waals surface area (Å²) in [5, 5.41) is 12.8. The molecule has 1 fully saturated rings. The quantitative estimate of drug-likeness (QED) is 0.418. The Morgan fingerprint density at radius 1 is 1.27 bits per heavy atom. The van der Waals surface area contributed by atoms with Crippen LogP contribution in [-0.2, 0) is 6.42 Å². The first-order chi connectivity index (χ1) is 17.6. The first-order valence-electron chi connectivity index (χ1n) is 11.7. The number of carbonyl (C=O) groups is 2. The van der Waals surface area contributed by atoms with Gasteiger partial charge < -0.3 is 29.9 Å². The molecule has 9 nitrogen and oxygen atoms in total. The van der Waals surface area contributed by atoms with Crippen molar-refractivity contribution >= 4 is 34.9 Å². The molecule has 0 radical (unpaired) electrons. The number of halogens is 3. The Morgan fingerprint density at radius 2 is 2.03 bits per heavy atom. The molecular weight excluding hydrogens is 508 g/mol. The highest BCUT2D eigenvalue weighted by atomic mass is 35.5. The Balaban J connectivity index is 1.44. The highest BCUT2D eigenvalue weighted by molar-refractivity contribution is 6.20. The highest BCUT2D eigenvalue weighted by Gasteiger charge is 2.29. The molecule has 1 aromatic carbocycles. The summed E-state index contributed by atoms with van der Waals surface area (Å²) < 4.78 is 29.9. The van der Waals surface area contributed by atoms with Gasteiger partial charge in [0.2, 0.25) is 0 Å². The van der Waals surface area contributed by atoms with Crippen molar-refractivity contribution in [1.82, 2.24) is 14.9 Å². The number of rotatable bonds is 6. The number of aromatic nitrogens is 2. The molecule has 1 atom stereocenters. The van der Waals surface area contributed by atoms with E-state index in [9.17, 15) is 23.5 Å². The molecule has 2 aliphatic heterocycles. The van der Waals surface area contributed by atoms with E-state index in [1.54, 1.807) is 18.0 Å². The standard InChI is InChI=1S/C25H24ClF2N5O4/c1-32-8-6-14-11-20(31-21(14)24(32)36)19-10-15(12-29-22(19)33-9-7-17(34)13-33)23(35)30-16-2-4-18(5-3-16)37-25(26,27)28/h2-5,10-12,17,31,34H,6-9,13H2,1H3,(H,30,35)/t17-/m1/s1. The van der Waals surface area contributed by atoms with Crippen LogP contribution in [0.5, 0.6) is 5.75 Å². The molecule has 37 heavy (non-hydrogen) atoms. The van der Waals surface area contributed by atoms with E-state index in [-0.39, 0.29) is 17.2 Å². The van der Waals surface area contributed by atoms with Crippen LogP contribution in [0.25, 0.3) is 11.3 Å². The largest absolute Gasteiger partial charge is 0.487 e. The number of likely N-dealkylation sites (N-methyl/N-ethyl adjacent to an activating group) is 1. The van der Waals surface area contributed by atoms with Crippen LogP contribution in [0.1, 0.15) is 32.8 Å². The summed E-state index contributed by atoms with van der Waals surface area (Å²) in [5.41, 5.74) is -0.553.